The first-order valence-electron chi connectivity index (χ1n) is 7.34. The molecule has 5 heteroatoms. The van der Waals surface area contributed by atoms with Gasteiger partial charge in [-0.2, -0.15) is 4.31 Å². The number of aryl methyl sites for hydroxylation is 1. The lowest BCUT2D eigenvalue weighted by Crippen LogP contribution is -2.37. The van der Waals surface area contributed by atoms with Crippen molar-refractivity contribution in [3.8, 4) is 0 Å². The quantitative estimate of drug-likeness (QED) is 0.860. The molecule has 0 aliphatic carbocycles. The molecule has 3 nitrogen and oxygen atoms in total. The lowest BCUT2D eigenvalue weighted by atomic mass is 10.0. The molecule has 0 fully saturated rings. The molecule has 0 saturated carbocycles. The minimum absolute atomic E-state index is 0.146. The highest BCUT2D eigenvalue weighted by Crippen LogP contribution is 2.24. The highest BCUT2D eigenvalue weighted by atomic mass is 35.5. The molecule has 3 rings (SSSR count). The molecule has 0 aromatic heterocycles. The zero-order valence-electron chi connectivity index (χ0n) is 12.2. The van der Waals surface area contributed by atoms with E-state index in [1.165, 1.54) is 5.56 Å². The summed E-state index contributed by atoms with van der Waals surface area (Å²) in [6.45, 7) is 0.971. The smallest absolute Gasteiger partial charge is 0.212 e. The monoisotopic (exact) mass is 335 g/mol. The Kier molecular flexibility index (Phi) is 4.52. The molecular formula is C17H18ClNO2S. The Balaban J connectivity index is 1.71. The van der Waals surface area contributed by atoms with Crippen LogP contribution >= 0.6 is 11.6 Å². The number of rotatable bonds is 4. The molecule has 0 atom stereocenters. The van der Waals surface area contributed by atoms with E-state index in [9.17, 15) is 8.42 Å². The van der Waals surface area contributed by atoms with Gasteiger partial charge in [-0.3, -0.25) is 0 Å². The fraction of sp³-hybridized carbons (Fsp3) is 0.294. The van der Waals surface area contributed by atoms with Crippen LogP contribution in [0, 0.1) is 0 Å². The number of benzene rings is 2. The van der Waals surface area contributed by atoms with Crippen LogP contribution in [0.4, 0.5) is 0 Å². The highest BCUT2D eigenvalue weighted by Gasteiger charge is 2.26. The molecule has 0 unspecified atom stereocenters. The minimum Gasteiger partial charge on any atom is -0.212 e. The van der Waals surface area contributed by atoms with Gasteiger partial charge in [-0.1, -0.05) is 48.0 Å². The predicted molar refractivity (Wildman–Crippen MR) is 89.5 cm³/mol. The maximum absolute atomic E-state index is 12.5. The predicted octanol–water partition coefficient (Wildman–Crippen LogP) is 3.27. The van der Waals surface area contributed by atoms with Crippen LogP contribution in [-0.2, 0) is 29.4 Å². The second-order valence-electron chi connectivity index (χ2n) is 5.55. The Morgan fingerprint density at radius 3 is 2.59 bits per heavy atom. The molecule has 0 amide bonds. The molecule has 2 aromatic carbocycles. The van der Waals surface area contributed by atoms with Gasteiger partial charge in [0.1, 0.15) is 0 Å². The van der Waals surface area contributed by atoms with E-state index in [2.05, 4.69) is 0 Å². The number of nitrogens with zero attached hydrogens (tertiary/aromatic N) is 1. The Morgan fingerprint density at radius 1 is 1.05 bits per heavy atom. The summed E-state index contributed by atoms with van der Waals surface area (Å²) in [5.74, 6) is 0.146. The van der Waals surface area contributed by atoms with Gasteiger partial charge in [-0.05, 0) is 41.7 Å². The molecule has 0 saturated heterocycles. The molecule has 1 heterocycles. The van der Waals surface area contributed by atoms with Gasteiger partial charge >= 0.3 is 0 Å². The van der Waals surface area contributed by atoms with E-state index in [-0.39, 0.29) is 5.75 Å². The van der Waals surface area contributed by atoms with E-state index in [1.54, 1.807) is 4.31 Å². The summed E-state index contributed by atoms with van der Waals surface area (Å²) >= 11 is 6.01. The zero-order valence-corrected chi connectivity index (χ0v) is 13.8. The minimum atomic E-state index is -3.25. The molecule has 0 radical (unpaired) electrons. The van der Waals surface area contributed by atoms with Gasteiger partial charge < -0.3 is 0 Å². The SMILES string of the molecule is O=S(=O)(CCc1ccccc1)N1CCc2ccc(Cl)cc2C1. The van der Waals surface area contributed by atoms with Crippen molar-refractivity contribution >= 4 is 21.6 Å². The lowest BCUT2D eigenvalue weighted by Gasteiger charge is -2.28. The second-order valence-corrected chi connectivity index (χ2v) is 8.07. The average Bonchev–Trinajstić information content (AvgIpc) is 2.53. The Labute approximate surface area is 136 Å². The van der Waals surface area contributed by atoms with Gasteiger partial charge in [-0.15, -0.1) is 0 Å². The van der Waals surface area contributed by atoms with E-state index in [1.807, 2.05) is 48.5 Å². The third-order valence-electron chi connectivity index (χ3n) is 4.03. The largest absolute Gasteiger partial charge is 0.214 e. The molecule has 1 aliphatic heterocycles. The molecule has 0 bridgehead atoms. The van der Waals surface area contributed by atoms with Gasteiger partial charge in [0.2, 0.25) is 10.0 Å². The summed E-state index contributed by atoms with van der Waals surface area (Å²) in [6, 6.07) is 15.4. The molecule has 2 aromatic rings. The van der Waals surface area contributed by atoms with Gasteiger partial charge in [-0.25, -0.2) is 8.42 Å². The standard InChI is InChI=1S/C17H18ClNO2S/c18-17-7-6-15-8-10-19(13-16(15)12-17)22(20,21)11-9-14-4-2-1-3-5-14/h1-7,12H,8-11,13H2. The number of hydrogen-bond donors (Lipinski definition) is 0. The Bertz CT molecular complexity index is 759. The maximum Gasteiger partial charge on any atom is 0.214 e. The van der Waals surface area contributed by atoms with Crippen molar-refractivity contribution in [3.63, 3.8) is 0 Å². The molecule has 0 spiro atoms. The maximum atomic E-state index is 12.5. The molecule has 22 heavy (non-hydrogen) atoms. The summed E-state index contributed by atoms with van der Waals surface area (Å²) in [5, 5.41) is 0.655. The molecule has 1 aliphatic rings. The van der Waals surface area contributed by atoms with Crippen molar-refractivity contribution in [2.24, 2.45) is 0 Å². The summed E-state index contributed by atoms with van der Waals surface area (Å²) in [6.07, 6.45) is 1.29. The number of hydrogen-bond acceptors (Lipinski definition) is 2. The summed E-state index contributed by atoms with van der Waals surface area (Å²) in [5.41, 5.74) is 3.26. The van der Waals surface area contributed by atoms with Gasteiger partial charge in [0.25, 0.3) is 0 Å². The summed E-state index contributed by atoms with van der Waals surface area (Å²) < 4.78 is 26.7. The van der Waals surface area contributed by atoms with Gasteiger partial charge in [0.15, 0.2) is 0 Å². The van der Waals surface area contributed by atoms with Crippen LogP contribution in [0.3, 0.4) is 0 Å². The second kappa shape index (κ2) is 6.41. The van der Waals surface area contributed by atoms with Gasteiger partial charge in [0.05, 0.1) is 5.75 Å². The summed E-state index contributed by atoms with van der Waals surface area (Å²) in [7, 11) is -3.25. The third-order valence-corrected chi connectivity index (χ3v) is 6.08. The zero-order chi connectivity index (χ0) is 15.6. The van der Waals surface area contributed by atoms with Crippen LogP contribution < -0.4 is 0 Å². The third kappa shape index (κ3) is 3.51. The molecule has 0 N–H and O–H groups in total. The van der Waals surface area contributed by atoms with Crippen LogP contribution in [0.5, 0.6) is 0 Å². The van der Waals surface area contributed by atoms with E-state index in [0.29, 0.717) is 24.5 Å². The number of halogens is 1. The topological polar surface area (TPSA) is 37.4 Å². The Hall–Kier alpha value is -1.36. The average molecular weight is 336 g/mol. The highest BCUT2D eigenvalue weighted by molar-refractivity contribution is 7.89. The van der Waals surface area contributed by atoms with Crippen LogP contribution in [0.1, 0.15) is 16.7 Å². The fourth-order valence-electron chi connectivity index (χ4n) is 2.76. The van der Waals surface area contributed by atoms with E-state index < -0.39 is 10.0 Å². The lowest BCUT2D eigenvalue weighted by molar-refractivity contribution is 0.391. The van der Waals surface area contributed by atoms with Crippen molar-refractivity contribution in [2.75, 3.05) is 12.3 Å². The fourth-order valence-corrected chi connectivity index (χ4v) is 4.41. The Morgan fingerprint density at radius 2 is 1.82 bits per heavy atom. The van der Waals surface area contributed by atoms with Crippen LogP contribution in [-0.4, -0.2) is 25.0 Å². The molecular weight excluding hydrogens is 318 g/mol. The van der Waals surface area contributed by atoms with E-state index in [0.717, 1.165) is 17.5 Å². The normalized spacial score (nSPS) is 15.5. The van der Waals surface area contributed by atoms with Crippen molar-refractivity contribution in [1.82, 2.24) is 4.31 Å². The first-order chi connectivity index (χ1) is 10.5. The van der Waals surface area contributed by atoms with Gasteiger partial charge in [0, 0.05) is 18.1 Å². The van der Waals surface area contributed by atoms with Crippen molar-refractivity contribution in [3.05, 3.63) is 70.2 Å². The van der Waals surface area contributed by atoms with E-state index in [4.69, 9.17) is 11.6 Å². The van der Waals surface area contributed by atoms with Crippen LogP contribution in [0.15, 0.2) is 48.5 Å². The first-order valence-corrected chi connectivity index (χ1v) is 9.32. The molecule has 116 valence electrons. The number of fused-ring (bicyclic) bond motifs is 1. The van der Waals surface area contributed by atoms with Crippen LogP contribution in [0.25, 0.3) is 0 Å². The first kappa shape index (κ1) is 15.5. The van der Waals surface area contributed by atoms with Crippen LogP contribution in [0.2, 0.25) is 5.02 Å². The van der Waals surface area contributed by atoms with Crippen molar-refractivity contribution in [1.29, 1.82) is 0 Å². The van der Waals surface area contributed by atoms with Crippen molar-refractivity contribution in [2.45, 2.75) is 19.4 Å². The summed E-state index contributed by atoms with van der Waals surface area (Å²) in [4.78, 5) is 0. The number of sulfonamides is 1. The van der Waals surface area contributed by atoms with Crippen molar-refractivity contribution < 1.29 is 8.42 Å². The van der Waals surface area contributed by atoms with E-state index >= 15 is 0 Å².